The molecule has 2 heterocycles. The fraction of sp³-hybridized carbons (Fsp3) is 0.250. The average Bonchev–Trinajstić information content (AvgIpc) is 3.09. The third-order valence-corrected chi connectivity index (χ3v) is 2.56. The van der Waals surface area contributed by atoms with Gasteiger partial charge in [-0.25, -0.2) is 0 Å². The average molecular weight is 217 g/mol. The van der Waals surface area contributed by atoms with Gasteiger partial charge in [0.2, 0.25) is 0 Å². The van der Waals surface area contributed by atoms with Crippen LogP contribution in [0.15, 0.2) is 29.1 Å². The molecule has 0 saturated heterocycles. The zero-order valence-electron chi connectivity index (χ0n) is 8.90. The van der Waals surface area contributed by atoms with Crippen LogP contribution in [0.25, 0.3) is 10.8 Å². The van der Waals surface area contributed by atoms with Crippen molar-refractivity contribution in [3.63, 3.8) is 0 Å². The highest BCUT2D eigenvalue weighted by Crippen LogP contribution is 2.40. The Morgan fingerprint density at radius 3 is 2.81 bits per heavy atom. The highest BCUT2D eigenvalue weighted by Gasteiger charge is 2.31. The van der Waals surface area contributed by atoms with Gasteiger partial charge in [-0.3, -0.25) is 4.79 Å². The highest BCUT2D eigenvalue weighted by atomic mass is 16.8. The molecule has 0 atom stereocenters. The molecule has 1 aliphatic heterocycles. The molecule has 0 amide bonds. The molecule has 1 aliphatic rings. The zero-order chi connectivity index (χ0) is 11.1. The lowest BCUT2D eigenvalue weighted by Crippen LogP contribution is -2.08. The van der Waals surface area contributed by atoms with Crippen molar-refractivity contribution in [1.82, 2.24) is 4.73 Å². The Hall–Kier alpha value is -1.97. The zero-order valence-corrected chi connectivity index (χ0v) is 8.90. The number of ether oxygens (including phenoxy) is 1. The van der Waals surface area contributed by atoms with E-state index >= 15 is 0 Å². The predicted octanol–water partition coefficient (Wildman–Crippen LogP) is 1.95. The number of rotatable bonds is 3. The van der Waals surface area contributed by atoms with Gasteiger partial charge in [0, 0.05) is 5.39 Å². The van der Waals surface area contributed by atoms with E-state index in [1.165, 1.54) is 4.73 Å². The van der Waals surface area contributed by atoms with Crippen molar-refractivity contribution >= 4 is 10.8 Å². The van der Waals surface area contributed by atoms with Gasteiger partial charge in [-0.1, -0.05) is 29.9 Å². The van der Waals surface area contributed by atoms with E-state index in [0.717, 1.165) is 11.8 Å². The van der Waals surface area contributed by atoms with Gasteiger partial charge in [-0.05, 0) is 12.5 Å². The van der Waals surface area contributed by atoms with Crippen LogP contribution in [0.3, 0.4) is 0 Å². The maximum absolute atomic E-state index is 11.8. The van der Waals surface area contributed by atoms with Gasteiger partial charge in [0.25, 0.3) is 5.56 Å². The van der Waals surface area contributed by atoms with Crippen LogP contribution in [0.4, 0.5) is 0 Å². The molecule has 16 heavy (non-hydrogen) atoms. The summed E-state index contributed by atoms with van der Waals surface area (Å²) in [5, 5.41) is 1.46. The monoisotopic (exact) mass is 217 g/mol. The van der Waals surface area contributed by atoms with Crippen molar-refractivity contribution in [1.29, 1.82) is 0 Å². The summed E-state index contributed by atoms with van der Waals surface area (Å²) in [6.07, 6.45) is 0.924. The lowest BCUT2D eigenvalue weighted by molar-refractivity contribution is 0.316. The van der Waals surface area contributed by atoms with Crippen molar-refractivity contribution < 1.29 is 9.57 Å². The van der Waals surface area contributed by atoms with Crippen molar-refractivity contribution in [2.45, 2.75) is 13.3 Å². The lowest BCUT2D eigenvalue weighted by atomic mass is 10.1. The van der Waals surface area contributed by atoms with E-state index in [0.29, 0.717) is 23.6 Å². The Morgan fingerprint density at radius 1 is 1.31 bits per heavy atom. The largest absolute Gasteiger partial charge is 0.487 e. The molecular formula is C12H11NO3. The molecule has 0 radical (unpaired) electrons. The number of benzene rings is 1. The molecule has 0 saturated carbocycles. The molecule has 4 heteroatoms. The van der Waals surface area contributed by atoms with Gasteiger partial charge in [-0.15, -0.1) is 0 Å². The first-order valence-corrected chi connectivity index (χ1v) is 5.32. The lowest BCUT2D eigenvalue weighted by Gasteiger charge is -2.03. The van der Waals surface area contributed by atoms with Crippen molar-refractivity contribution in [3.8, 4) is 11.6 Å². The molecule has 2 aromatic rings. The Bertz CT molecular complexity index is 615. The molecule has 82 valence electrons. The van der Waals surface area contributed by atoms with Crippen LogP contribution in [0.1, 0.15) is 13.3 Å². The van der Waals surface area contributed by atoms with Crippen LogP contribution in [0.5, 0.6) is 11.6 Å². The fourth-order valence-corrected chi connectivity index (χ4v) is 1.77. The summed E-state index contributed by atoms with van der Waals surface area (Å²) in [5.41, 5.74) is -0.116. The predicted molar refractivity (Wildman–Crippen MR) is 60.0 cm³/mol. The number of fused-ring (bicyclic) bond motifs is 2. The van der Waals surface area contributed by atoms with Gasteiger partial charge in [0.1, 0.15) is 0 Å². The van der Waals surface area contributed by atoms with Gasteiger partial charge < -0.3 is 9.57 Å². The van der Waals surface area contributed by atoms with E-state index in [9.17, 15) is 4.79 Å². The Kier molecular flexibility index (Phi) is 1.89. The first kappa shape index (κ1) is 9.27. The summed E-state index contributed by atoms with van der Waals surface area (Å²) in [5.74, 6) is 1.22. The van der Waals surface area contributed by atoms with Crippen LogP contribution in [-0.4, -0.2) is 11.3 Å². The van der Waals surface area contributed by atoms with Gasteiger partial charge in [0.05, 0.1) is 12.0 Å². The van der Waals surface area contributed by atoms with Crippen LogP contribution >= 0.6 is 0 Å². The second-order valence-electron chi connectivity index (χ2n) is 3.72. The normalized spacial score (nSPS) is 12.1. The standard InChI is InChI=1S/C12H11NO3/c1-2-7-15-10-8-5-3-4-6-9(8)11(14)13-12(10)16-13/h3-6H,2,7H2,1H3. The SMILES string of the molecule is CCCOc1c2n(c(=O)c3ccccc13)O2. The molecule has 0 fully saturated rings. The maximum Gasteiger partial charge on any atom is 0.307 e. The number of nitrogens with zero attached hydrogens (tertiary/aromatic N) is 1. The molecule has 0 bridgehead atoms. The molecule has 1 aromatic heterocycles. The molecule has 0 aliphatic carbocycles. The van der Waals surface area contributed by atoms with E-state index in [4.69, 9.17) is 9.57 Å². The molecular weight excluding hydrogens is 206 g/mol. The minimum Gasteiger partial charge on any atom is -0.487 e. The molecule has 1 aromatic carbocycles. The van der Waals surface area contributed by atoms with Crippen molar-refractivity contribution in [2.75, 3.05) is 6.61 Å². The van der Waals surface area contributed by atoms with E-state index in [1.807, 2.05) is 25.1 Å². The number of hydrogen-bond donors (Lipinski definition) is 0. The van der Waals surface area contributed by atoms with Gasteiger partial charge >= 0.3 is 5.88 Å². The van der Waals surface area contributed by atoms with Gasteiger partial charge in [0.15, 0.2) is 5.75 Å². The van der Waals surface area contributed by atoms with Crippen LogP contribution < -0.4 is 15.1 Å². The van der Waals surface area contributed by atoms with E-state index in [-0.39, 0.29) is 5.56 Å². The van der Waals surface area contributed by atoms with Crippen LogP contribution in [0, 0.1) is 0 Å². The summed E-state index contributed by atoms with van der Waals surface area (Å²) in [6, 6.07) is 7.39. The summed E-state index contributed by atoms with van der Waals surface area (Å²) < 4.78 is 6.89. The van der Waals surface area contributed by atoms with Crippen LogP contribution in [0.2, 0.25) is 0 Å². The number of aromatic nitrogens is 1. The van der Waals surface area contributed by atoms with Gasteiger partial charge in [-0.2, -0.15) is 0 Å². The summed E-state index contributed by atoms with van der Waals surface area (Å²) >= 11 is 0. The minimum atomic E-state index is -0.116. The van der Waals surface area contributed by atoms with E-state index < -0.39 is 0 Å². The third kappa shape index (κ3) is 1.19. The fourth-order valence-electron chi connectivity index (χ4n) is 1.77. The van der Waals surface area contributed by atoms with E-state index in [2.05, 4.69) is 0 Å². The minimum absolute atomic E-state index is 0.116. The highest BCUT2D eigenvalue weighted by molar-refractivity contribution is 5.90. The Morgan fingerprint density at radius 2 is 2.06 bits per heavy atom. The Balaban J connectivity index is 2.25. The van der Waals surface area contributed by atoms with Crippen molar-refractivity contribution in [3.05, 3.63) is 34.6 Å². The smallest absolute Gasteiger partial charge is 0.307 e. The number of pyridine rings is 1. The van der Waals surface area contributed by atoms with Crippen molar-refractivity contribution in [2.24, 2.45) is 0 Å². The maximum atomic E-state index is 11.8. The quantitative estimate of drug-likeness (QED) is 0.630. The molecule has 0 N–H and O–H groups in total. The molecule has 4 nitrogen and oxygen atoms in total. The third-order valence-electron chi connectivity index (χ3n) is 2.56. The second kappa shape index (κ2) is 3.27. The second-order valence-corrected chi connectivity index (χ2v) is 3.72. The first-order valence-electron chi connectivity index (χ1n) is 5.32. The molecule has 0 unspecified atom stereocenters. The van der Waals surface area contributed by atoms with Crippen LogP contribution in [-0.2, 0) is 0 Å². The van der Waals surface area contributed by atoms with E-state index in [1.54, 1.807) is 6.07 Å². The Labute approximate surface area is 92.0 Å². The molecule has 3 rings (SSSR count). The number of hydrogen-bond acceptors (Lipinski definition) is 3. The topological polar surface area (TPSA) is 43.8 Å². The summed E-state index contributed by atoms with van der Waals surface area (Å²) in [7, 11) is 0. The summed E-state index contributed by atoms with van der Waals surface area (Å²) in [4.78, 5) is 16.9. The summed E-state index contributed by atoms with van der Waals surface area (Å²) in [6.45, 7) is 2.66. The molecule has 0 spiro atoms. The first-order chi connectivity index (χ1) is 7.83.